The van der Waals surface area contributed by atoms with Crippen LogP contribution in [0.15, 0.2) is 22.6 Å². The van der Waals surface area contributed by atoms with Crippen molar-refractivity contribution in [1.29, 1.82) is 0 Å². The van der Waals surface area contributed by atoms with E-state index in [2.05, 4.69) is 9.72 Å². The third-order valence-corrected chi connectivity index (χ3v) is 2.53. The Morgan fingerprint density at radius 3 is 2.78 bits per heavy atom. The Kier molecular flexibility index (Phi) is 3.01. The van der Waals surface area contributed by atoms with Crippen molar-refractivity contribution in [3.63, 3.8) is 0 Å². The number of ether oxygens (including phenoxy) is 1. The first kappa shape index (κ1) is 12.1. The molecule has 2 rings (SSSR count). The average Bonchev–Trinajstić information content (AvgIpc) is 2.74. The fraction of sp³-hybridized carbons (Fsp3) is 0.250. The van der Waals surface area contributed by atoms with E-state index in [4.69, 9.17) is 4.42 Å². The molecule has 6 nitrogen and oxygen atoms in total. The molecular formula is C12H12N2O4. The Bertz CT molecular complexity index is 618. The second-order valence-electron chi connectivity index (χ2n) is 3.74. The first-order valence-corrected chi connectivity index (χ1v) is 5.26. The van der Waals surface area contributed by atoms with Gasteiger partial charge in [0.15, 0.2) is 11.5 Å². The first-order chi connectivity index (χ1) is 8.52. The number of rotatable bonds is 1. The van der Waals surface area contributed by atoms with E-state index in [0.29, 0.717) is 22.7 Å². The molecule has 0 bridgehead atoms. The summed E-state index contributed by atoms with van der Waals surface area (Å²) in [5.41, 5.74) is 1.82. The Hall–Kier alpha value is -2.37. The van der Waals surface area contributed by atoms with Crippen molar-refractivity contribution in [3.8, 4) is 0 Å². The molecule has 1 aromatic carbocycles. The lowest BCUT2D eigenvalue weighted by Gasteiger charge is -2.15. The molecule has 0 aliphatic rings. The van der Waals surface area contributed by atoms with E-state index in [1.807, 2.05) is 0 Å². The quantitative estimate of drug-likeness (QED) is 0.561. The van der Waals surface area contributed by atoms with E-state index in [9.17, 15) is 9.59 Å². The fourth-order valence-corrected chi connectivity index (χ4v) is 1.58. The molecule has 0 radical (unpaired) electrons. The van der Waals surface area contributed by atoms with Crippen LogP contribution in [0.2, 0.25) is 0 Å². The van der Waals surface area contributed by atoms with Crippen LogP contribution < -0.4 is 4.90 Å². The smallest absolute Gasteiger partial charge is 0.397 e. The predicted molar refractivity (Wildman–Crippen MR) is 64.2 cm³/mol. The van der Waals surface area contributed by atoms with Gasteiger partial charge in [-0.15, -0.1) is 0 Å². The van der Waals surface area contributed by atoms with E-state index in [-0.39, 0.29) is 0 Å². The summed E-state index contributed by atoms with van der Waals surface area (Å²) in [6, 6.07) is 5.05. The third kappa shape index (κ3) is 2.04. The summed E-state index contributed by atoms with van der Waals surface area (Å²) in [4.78, 5) is 28.1. The maximum atomic E-state index is 11.6. The summed E-state index contributed by atoms with van der Waals surface area (Å²) in [5.74, 6) is -1.10. The van der Waals surface area contributed by atoms with Crippen molar-refractivity contribution in [1.82, 2.24) is 4.98 Å². The van der Waals surface area contributed by atoms with Gasteiger partial charge in [0, 0.05) is 19.7 Å². The Morgan fingerprint density at radius 1 is 1.39 bits per heavy atom. The molecule has 0 aliphatic carbocycles. The number of hydrogen-bond donors (Lipinski definition) is 0. The maximum absolute atomic E-state index is 11.6. The van der Waals surface area contributed by atoms with Gasteiger partial charge in [0.1, 0.15) is 5.52 Å². The highest BCUT2D eigenvalue weighted by Crippen LogP contribution is 2.22. The average molecular weight is 248 g/mol. The lowest BCUT2D eigenvalue weighted by molar-refractivity contribution is -0.151. The molecule has 0 saturated heterocycles. The SMILES string of the molecule is COC(=O)C(=O)N(C)c1ccc2oc(C)nc2c1. The Morgan fingerprint density at radius 2 is 2.11 bits per heavy atom. The van der Waals surface area contributed by atoms with E-state index < -0.39 is 11.9 Å². The van der Waals surface area contributed by atoms with E-state index in [0.717, 1.165) is 7.11 Å². The van der Waals surface area contributed by atoms with E-state index in [1.165, 1.54) is 11.9 Å². The molecular weight excluding hydrogens is 236 g/mol. The standard InChI is InChI=1S/C12H12N2O4/c1-7-13-9-6-8(4-5-10(9)18-7)14(2)11(15)12(16)17-3/h4-6H,1-3H3. The van der Waals surface area contributed by atoms with Gasteiger partial charge in [-0.1, -0.05) is 0 Å². The predicted octanol–water partition coefficient (Wildman–Crippen LogP) is 1.27. The van der Waals surface area contributed by atoms with Gasteiger partial charge in [-0.05, 0) is 18.2 Å². The number of aryl methyl sites for hydroxylation is 1. The summed E-state index contributed by atoms with van der Waals surface area (Å²) in [5, 5.41) is 0. The van der Waals surface area contributed by atoms with Crippen molar-refractivity contribution in [2.24, 2.45) is 0 Å². The van der Waals surface area contributed by atoms with Crippen LogP contribution in [0.3, 0.4) is 0 Å². The number of anilines is 1. The van der Waals surface area contributed by atoms with Gasteiger partial charge in [-0.3, -0.25) is 4.79 Å². The molecule has 0 fully saturated rings. The molecule has 2 aromatic rings. The van der Waals surface area contributed by atoms with Crippen molar-refractivity contribution in [3.05, 3.63) is 24.1 Å². The molecule has 94 valence electrons. The second kappa shape index (κ2) is 4.48. The number of amides is 1. The number of nitrogens with zero attached hydrogens (tertiary/aromatic N) is 2. The number of carbonyl (C=O) groups excluding carboxylic acids is 2. The van der Waals surface area contributed by atoms with Crippen LogP contribution >= 0.6 is 0 Å². The zero-order valence-electron chi connectivity index (χ0n) is 10.3. The molecule has 1 heterocycles. The number of hydrogen-bond acceptors (Lipinski definition) is 5. The van der Waals surface area contributed by atoms with Gasteiger partial charge in [0.05, 0.1) is 7.11 Å². The van der Waals surface area contributed by atoms with Crippen LogP contribution in [0.25, 0.3) is 11.1 Å². The monoisotopic (exact) mass is 248 g/mol. The van der Waals surface area contributed by atoms with Crippen LogP contribution in [-0.2, 0) is 14.3 Å². The molecule has 0 aliphatic heterocycles. The highest BCUT2D eigenvalue weighted by molar-refractivity contribution is 6.38. The molecule has 1 aromatic heterocycles. The van der Waals surface area contributed by atoms with Crippen LogP contribution in [0.4, 0.5) is 5.69 Å². The first-order valence-electron chi connectivity index (χ1n) is 5.26. The summed E-state index contributed by atoms with van der Waals surface area (Å²) >= 11 is 0. The summed E-state index contributed by atoms with van der Waals surface area (Å²) in [7, 11) is 2.66. The highest BCUT2D eigenvalue weighted by Gasteiger charge is 2.21. The number of fused-ring (bicyclic) bond motifs is 1. The minimum absolute atomic E-state index is 0.545. The topological polar surface area (TPSA) is 72.6 Å². The molecule has 18 heavy (non-hydrogen) atoms. The maximum Gasteiger partial charge on any atom is 0.397 e. The number of oxazole rings is 1. The largest absolute Gasteiger partial charge is 0.462 e. The normalized spacial score (nSPS) is 10.4. The summed E-state index contributed by atoms with van der Waals surface area (Å²) in [6.45, 7) is 1.74. The van der Waals surface area contributed by atoms with Gasteiger partial charge in [0.25, 0.3) is 0 Å². The second-order valence-corrected chi connectivity index (χ2v) is 3.74. The molecule has 0 N–H and O–H groups in total. The Balaban J connectivity index is 2.35. The molecule has 0 atom stereocenters. The van der Waals surface area contributed by atoms with Crippen molar-refractivity contribution in [2.45, 2.75) is 6.92 Å². The molecule has 0 unspecified atom stereocenters. The van der Waals surface area contributed by atoms with Gasteiger partial charge in [0.2, 0.25) is 0 Å². The number of carbonyl (C=O) groups is 2. The fourth-order valence-electron chi connectivity index (χ4n) is 1.58. The number of aromatic nitrogens is 1. The van der Waals surface area contributed by atoms with Crippen LogP contribution in [-0.4, -0.2) is 31.0 Å². The number of esters is 1. The van der Waals surface area contributed by atoms with Crippen LogP contribution in [0.1, 0.15) is 5.89 Å². The van der Waals surface area contributed by atoms with Crippen LogP contribution in [0, 0.1) is 6.92 Å². The van der Waals surface area contributed by atoms with Crippen molar-refractivity contribution in [2.75, 3.05) is 19.1 Å². The number of benzene rings is 1. The lowest BCUT2D eigenvalue weighted by atomic mass is 10.2. The number of methoxy groups -OCH3 is 1. The molecule has 0 saturated carbocycles. The molecule has 0 spiro atoms. The van der Waals surface area contributed by atoms with Crippen molar-refractivity contribution < 1.29 is 18.7 Å². The third-order valence-electron chi connectivity index (χ3n) is 2.53. The molecule has 6 heteroatoms. The number of likely N-dealkylation sites (N-methyl/N-ethyl adjacent to an activating group) is 1. The lowest BCUT2D eigenvalue weighted by Crippen LogP contribution is -2.33. The summed E-state index contributed by atoms with van der Waals surface area (Å²) in [6.07, 6.45) is 0. The zero-order valence-corrected chi connectivity index (χ0v) is 10.3. The van der Waals surface area contributed by atoms with Gasteiger partial charge >= 0.3 is 11.9 Å². The van der Waals surface area contributed by atoms with Gasteiger partial charge < -0.3 is 14.1 Å². The zero-order chi connectivity index (χ0) is 13.3. The Labute approximate surface area is 103 Å². The van der Waals surface area contributed by atoms with Crippen molar-refractivity contribution >= 4 is 28.7 Å². The van der Waals surface area contributed by atoms with E-state index >= 15 is 0 Å². The van der Waals surface area contributed by atoms with Gasteiger partial charge in [-0.2, -0.15) is 0 Å². The minimum Gasteiger partial charge on any atom is -0.462 e. The van der Waals surface area contributed by atoms with Crippen LogP contribution in [0.5, 0.6) is 0 Å². The van der Waals surface area contributed by atoms with Gasteiger partial charge in [-0.25, -0.2) is 9.78 Å². The minimum atomic E-state index is -0.908. The highest BCUT2D eigenvalue weighted by atomic mass is 16.5. The van der Waals surface area contributed by atoms with E-state index in [1.54, 1.807) is 25.1 Å². The molecule has 1 amide bonds. The summed E-state index contributed by atoms with van der Waals surface area (Å²) < 4.78 is 9.71.